The zero-order valence-electron chi connectivity index (χ0n) is 12.2. The molecule has 5 heteroatoms. The van der Waals surface area contributed by atoms with Crippen molar-refractivity contribution in [1.82, 2.24) is 14.9 Å². The van der Waals surface area contributed by atoms with Crippen molar-refractivity contribution in [3.8, 4) is 0 Å². The van der Waals surface area contributed by atoms with Gasteiger partial charge in [-0.1, -0.05) is 0 Å². The third-order valence-corrected chi connectivity index (χ3v) is 3.73. The number of nitrogens with two attached hydrogens (primary N) is 1. The predicted octanol–water partition coefficient (Wildman–Crippen LogP) is 0.897. The van der Waals surface area contributed by atoms with Gasteiger partial charge in [0.1, 0.15) is 0 Å². The predicted molar refractivity (Wildman–Crippen MR) is 78.3 cm³/mol. The maximum absolute atomic E-state index is 5.78. The number of hydrogen-bond acceptors (Lipinski definition) is 5. The van der Waals surface area contributed by atoms with Gasteiger partial charge in [0.25, 0.3) is 0 Å². The summed E-state index contributed by atoms with van der Waals surface area (Å²) in [6.45, 7) is 4.07. The van der Waals surface area contributed by atoms with Crippen LogP contribution in [0.2, 0.25) is 0 Å². The molecular formula is C14H25N5. The quantitative estimate of drug-likeness (QED) is 0.874. The number of aromatic nitrogens is 2. The topological polar surface area (TPSA) is 58.3 Å². The molecule has 1 saturated heterocycles. The summed E-state index contributed by atoms with van der Waals surface area (Å²) in [5, 5.41) is 0. The summed E-state index contributed by atoms with van der Waals surface area (Å²) in [5.41, 5.74) is 6.89. The van der Waals surface area contributed by atoms with E-state index in [0.29, 0.717) is 6.04 Å². The van der Waals surface area contributed by atoms with Gasteiger partial charge in [-0.15, -0.1) is 0 Å². The average Bonchev–Trinajstić information content (AvgIpc) is 2.39. The molecule has 5 nitrogen and oxygen atoms in total. The Bertz CT molecular complexity index is 379. The first-order valence-electron chi connectivity index (χ1n) is 7.04. The summed E-state index contributed by atoms with van der Waals surface area (Å²) in [4.78, 5) is 13.5. The van der Waals surface area contributed by atoms with Crippen LogP contribution in [-0.2, 0) is 6.42 Å². The molecule has 0 bridgehead atoms. The Morgan fingerprint density at radius 2 is 1.89 bits per heavy atom. The first-order chi connectivity index (χ1) is 9.06. The van der Waals surface area contributed by atoms with Crippen molar-refractivity contribution in [2.75, 3.05) is 32.1 Å². The van der Waals surface area contributed by atoms with Crippen molar-refractivity contribution in [1.29, 1.82) is 0 Å². The van der Waals surface area contributed by atoms with E-state index < -0.39 is 0 Å². The minimum Gasteiger partial charge on any atom is -0.341 e. The fourth-order valence-corrected chi connectivity index (χ4v) is 2.57. The van der Waals surface area contributed by atoms with Crippen LogP contribution in [0.3, 0.4) is 0 Å². The highest BCUT2D eigenvalue weighted by Gasteiger charge is 2.21. The first kappa shape index (κ1) is 14.2. The Morgan fingerprint density at radius 3 is 2.37 bits per heavy atom. The molecule has 0 saturated carbocycles. The lowest BCUT2D eigenvalue weighted by Crippen LogP contribution is -2.42. The molecule has 0 aromatic carbocycles. The van der Waals surface area contributed by atoms with Crippen LogP contribution >= 0.6 is 0 Å². The molecule has 1 fully saturated rings. The molecule has 2 rings (SSSR count). The summed E-state index contributed by atoms with van der Waals surface area (Å²) < 4.78 is 0. The van der Waals surface area contributed by atoms with E-state index in [1.807, 2.05) is 19.3 Å². The number of hydrogen-bond donors (Lipinski definition) is 1. The van der Waals surface area contributed by atoms with E-state index in [-0.39, 0.29) is 6.04 Å². The smallest absolute Gasteiger partial charge is 0.225 e. The molecule has 0 spiro atoms. The van der Waals surface area contributed by atoms with Gasteiger partial charge < -0.3 is 15.5 Å². The van der Waals surface area contributed by atoms with Gasteiger partial charge in [0.15, 0.2) is 0 Å². The molecule has 1 aliphatic heterocycles. The zero-order chi connectivity index (χ0) is 13.8. The van der Waals surface area contributed by atoms with E-state index in [1.165, 1.54) is 12.8 Å². The van der Waals surface area contributed by atoms with Gasteiger partial charge in [0, 0.05) is 37.6 Å². The van der Waals surface area contributed by atoms with E-state index >= 15 is 0 Å². The van der Waals surface area contributed by atoms with Crippen LogP contribution in [-0.4, -0.2) is 54.1 Å². The van der Waals surface area contributed by atoms with Crippen molar-refractivity contribution in [2.24, 2.45) is 5.73 Å². The molecule has 0 aliphatic carbocycles. The maximum atomic E-state index is 5.78. The SMILES string of the molecule is CC(N)Cc1cnc(N2CCC(N(C)C)CC2)nc1. The summed E-state index contributed by atoms with van der Waals surface area (Å²) >= 11 is 0. The number of piperidine rings is 1. The number of nitrogens with zero attached hydrogens (tertiary/aromatic N) is 4. The van der Waals surface area contributed by atoms with Gasteiger partial charge in [-0.2, -0.15) is 0 Å². The lowest BCUT2D eigenvalue weighted by molar-refractivity contribution is 0.249. The van der Waals surface area contributed by atoms with Crippen LogP contribution in [0.15, 0.2) is 12.4 Å². The highest BCUT2D eigenvalue weighted by molar-refractivity contribution is 5.30. The van der Waals surface area contributed by atoms with Gasteiger partial charge in [0.05, 0.1) is 0 Å². The van der Waals surface area contributed by atoms with Crippen molar-refractivity contribution in [3.63, 3.8) is 0 Å². The number of anilines is 1. The minimum atomic E-state index is 0.158. The van der Waals surface area contributed by atoms with Crippen LogP contribution < -0.4 is 10.6 Å². The standard InChI is InChI=1S/C14H25N5/c1-11(15)8-12-9-16-14(17-10-12)19-6-4-13(5-7-19)18(2)3/h9-11,13H,4-8,15H2,1-3H3. The summed E-state index contributed by atoms with van der Waals surface area (Å²) in [6.07, 6.45) is 7.01. The molecule has 2 N–H and O–H groups in total. The molecule has 1 atom stereocenters. The third-order valence-electron chi connectivity index (χ3n) is 3.73. The van der Waals surface area contributed by atoms with Crippen LogP contribution in [0, 0.1) is 0 Å². The lowest BCUT2D eigenvalue weighted by Gasteiger charge is -2.35. The van der Waals surface area contributed by atoms with Crippen LogP contribution in [0.25, 0.3) is 0 Å². The molecule has 2 heterocycles. The highest BCUT2D eigenvalue weighted by atomic mass is 15.3. The van der Waals surface area contributed by atoms with Gasteiger partial charge in [-0.25, -0.2) is 9.97 Å². The maximum Gasteiger partial charge on any atom is 0.225 e. The number of rotatable bonds is 4. The van der Waals surface area contributed by atoms with Crippen molar-refractivity contribution >= 4 is 5.95 Å². The molecule has 1 aliphatic rings. The second kappa shape index (κ2) is 6.30. The van der Waals surface area contributed by atoms with Crippen LogP contribution in [0.5, 0.6) is 0 Å². The van der Waals surface area contributed by atoms with Gasteiger partial charge >= 0.3 is 0 Å². The molecule has 1 aromatic rings. The Labute approximate surface area is 115 Å². The van der Waals surface area contributed by atoms with E-state index in [2.05, 4.69) is 33.9 Å². The van der Waals surface area contributed by atoms with Crippen molar-refractivity contribution < 1.29 is 0 Å². The van der Waals surface area contributed by atoms with Crippen molar-refractivity contribution in [2.45, 2.75) is 38.3 Å². The highest BCUT2D eigenvalue weighted by Crippen LogP contribution is 2.18. The summed E-state index contributed by atoms with van der Waals surface area (Å²) in [6, 6.07) is 0.846. The molecule has 106 valence electrons. The summed E-state index contributed by atoms with van der Waals surface area (Å²) in [5.74, 6) is 0.852. The molecular weight excluding hydrogens is 238 g/mol. The molecule has 1 aromatic heterocycles. The van der Waals surface area contributed by atoms with Gasteiger partial charge in [-0.3, -0.25) is 0 Å². The van der Waals surface area contributed by atoms with Gasteiger partial charge in [-0.05, 0) is 45.8 Å². The molecule has 0 radical (unpaired) electrons. The molecule has 1 unspecified atom stereocenters. The van der Waals surface area contributed by atoms with E-state index in [4.69, 9.17) is 5.73 Å². The zero-order valence-corrected chi connectivity index (χ0v) is 12.2. The second-order valence-electron chi connectivity index (χ2n) is 5.75. The Balaban J connectivity index is 1.92. The molecule has 19 heavy (non-hydrogen) atoms. The van der Waals surface area contributed by atoms with E-state index in [0.717, 1.165) is 31.0 Å². The minimum absolute atomic E-state index is 0.158. The summed E-state index contributed by atoms with van der Waals surface area (Å²) in [7, 11) is 4.30. The van der Waals surface area contributed by atoms with E-state index in [1.54, 1.807) is 0 Å². The largest absolute Gasteiger partial charge is 0.341 e. The fraction of sp³-hybridized carbons (Fsp3) is 0.714. The van der Waals surface area contributed by atoms with Crippen molar-refractivity contribution in [3.05, 3.63) is 18.0 Å². The second-order valence-corrected chi connectivity index (χ2v) is 5.75. The fourth-order valence-electron chi connectivity index (χ4n) is 2.57. The normalized spacial score (nSPS) is 18.9. The van der Waals surface area contributed by atoms with Crippen LogP contribution in [0.4, 0.5) is 5.95 Å². The average molecular weight is 263 g/mol. The van der Waals surface area contributed by atoms with E-state index in [9.17, 15) is 0 Å². The van der Waals surface area contributed by atoms with Gasteiger partial charge in [0.2, 0.25) is 5.95 Å². The van der Waals surface area contributed by atoms with Crippen LogP contribution in [0.1, 0.15) is 25.3 Å². The third kappa shape index (κ3) is 3.88. The Hall–Kier alpha value is -1.20. The monoisotopic (exact) mass is 263 g/mol. The molecule has 0 amide bonds. The Morgan fingerprint density at radius 1 is 1.32 bits per heavy atom. The lowest BCUT2D eigenvalue weighted by atomic mass is 10.0. The Kier molecular flexibility index (Phi) is 4.71. The first-order valence-corrected chi connectivity index (χ1v) is 7.04.